The molecule has 1 fully saturated rings. The fourth-order valence-electron chi connectivity index (χ4n) is 2.77. The van der Waals surface area contributed by atoms with Crippen molar-refractivity contribution in [1.29, 1.82) is 0 Å². The van der Waals surface area contributed by atoms with Crippen LogP contribution in [-0.4, -0.2) is 57.8 Å². The molecule has 0 aromatic heterocycles. The number of halogens is 3. The smallest absolute Gasteiger partial charge is 0.394 e. The molecule has 1 heterocycles. The Morgan fingerprint density at radius 3 is 2.42 bits per heavy atom. The third kappa shape index (κ3) is 5.45. The lowest BCUT2D eigenvalue weighted by atomic mass is 9.96. The van der Waals surface area contributed by atoms with Crippen LogP contribution in [0.15, 0.2) is 30.3 Å². The molecule has 6 nitrogen and oxygen atoms in total. The minimum Gasteiger partial charge on any atom is -0.481 e. The molecule has 1 saturated heterocycles. The number of carbonyl (C=O) groups excluding carboxylic acids is 1. The van der Waals surface area contributed by atoms with E-state index < -0.39 is 53.9 Å². The van der Waals surface area contributed by atoms with Crippen molar-refractivity contribution in [2.45, 2.75) is 11.9 Å². The highest BCUT2D eigenvalue weighted by molar-refractivity contribution is 7.84. The number of rotatable bonds is 6. The summed E-state index contributed by atoms with van der Waals surface area (Å²) in [5, 5.41) is 11.3. The lowest BCUT2D eigenvalue weighted by Gasteiger charge is -2.18. The molecule has 3 atom stereocenters. The van der Waals surface area contributed by atoms with Crippen LogP contribution in [-0.2, 0) is 21.3 Å². The first-order chi connectivity index (χ1) is 12.2. The van der Waals surface area contributed by atoms with E-state index >= 15 is 0 Å². The summed E-state index contributed by atoms with van der Waals surface area (Å²) in [7, 11) is -1.23. The van der Waals surface area contributed by atoms with E-state index in [9.17, 15) is 27.0 Å². The lowest BCUT2D eigenvalue weighted by molar-refractivity contribution is -0.187. The number of amides is 2. The summed E-state index contributed by atoms with van der Waals surface area (Å²) in [5.74, 6) is -4.87. The maximum atomic E-state index is 12.9. The zero-order valence-electron chi connectivity index (χ0n) is 13.7. The first kappa shape index (κ1) is 20.2. The Morgan fingerprint density at radius 1 is 1.23 bits per heavy atom. The van der Waals surface area contributed by atoms with E-state index in [-0.39, 0.29) is 12.3 Å². The number of carbonyl (C=O) groups is 2. The van der Waals surface area contributed by atoms with Crippen LogP contribution < -0.4 is 5.32 Å². The summed E-state index contributed by atoms with van der Waals surface area (Å²) >= 11 is 0. The van der Waals surface area contributed by atoms with Crippen molar-refractivity contribution in [2.24, 2.45) is 11.8 Å². The van der Waals surface area contributed by atoms with E-state index in [1.54, 1.807) is 0 Å². The van der Waals surface area contributed by atoms with Crippen molar-refractivity contribution < 1.29 is 32.1 Å². The summed E-state index contributed by atoms with van der Waals surface area (Å²) in [4.78, 5) is 23.8. The highest BCUT2D eigenvalue weighted by Crippen LogP contribution is 2.37. The molecule has 10 heteroatoms. The average molecular weight is 392 g/mol. The van der Waals surface area contributed by atoms with Crippen LogP contribution in [0.3, 0.4) is 0 Å². The minimum atomic E-state index is -4.69. The van der Waals surface area contributed by atoms with Gasteiger partial charge in [0.25, 0.3) is 0 Å². The van der Waals surface area contributed by atoms with Gasteiger partial charge >= 0.3 is 18.2 Å². The van der Waals surface area contributed by atoms with Gasteiger partial charge in [-0.3, -0.25) is 9.00 Å². The Balaban J connectivity index is 1.81. The highest BCUT2D eigenvalue weighted by Gasteiger charge is 2.53. The number of hydrogen-bond acceptors (Lipinski definition) is 3. The van der Waals surface area contributed by atoms with E-state index in [0.29, 0.717) is 5.75 Å². The van der Waals surface area contributed by atoms with E-state index in [2.05, 4.69) is 5.32 Å². The molecule has 2 rings (SSSR count). The monoisotopic (exact) mass is 392 g/mol. The second-order valence-corrected chi connectivity index (χ2v) is 7.58. The van der Waals surface area contributed by atoms with Gasteiger partial charge in [-0.25, -0.2) is 4.79 Å². The average Bonchev–Trinajstić information content (AvgIpc) is 3.01. The molecule has 1 aromatic rings. The van der Waals surface area contributed by atoms with Gasteiger partial charge in [0.2, 0.25) is 0 Å². The van der Waals surface area contributed by atoms with Gasteiger partial charge in [0.15, 0.2) is 0 Å². The van der Waals surface area contributed by atoms with E-state index in [0.717, 1.165) is 10.5 Å². The van der Waals surface area contributed by atoms with Crippen LogP contribution in [0, 0.1) is 11.8 Å². The van der Waals surface area contributed by atoms with Crippen LogP contribution in [0.5, 0.6) is 0 Å². The fraction of sp³-hybridized carbons (Fsp3) is 0.500. The van der Waals surface area contributed by atoms with Gasteiger partial charge in [-0.2, -0.15) is 13.2 Å². The van der Waals surface area contributed by atoms with E-state index in [1.807, 2.05) is 30.3 Å². The first-order valence-corrected chi connectivity index (χ1v) is 9.38. The van der Waals surface area contributed by atoms with Gasteiger partial charge in [-0.05, 0) is 5.56 Å². The van der Waals surface area contributed by atoms with Gasteiger partial charge in [0.05, 0.1) is 11.8 Å². The molecular formula is C16H19F3N2O4S. The van der Waals surface area contributed by atoms with Crippen molar-refractivity contribution in [3.63, 3.8) is 0 Å². The van der Waals surface area contributed by atoms with Crippen molar-refractivity contribution in [3.8, 4) is 0 Å². The second kappa shape index (κ2) is 8.52. The van der Waals surface area contributed by atoms with Gasteiger partial charge in [0.1, 0.15) is 0 Å². The largest absolute Gasteiger partial charge is 0.481 e. The number of benzene rings is 1. The number of hydrogen-bond donors (Lipinski definition) is 2. The zero-order valence-corrected chi connectivity index (χ0v) is 14.6. The topological polar surface area (TPSA) is 86.7 Å². The number of nitrogens with one attached hydrogen (secondary N) is 1. The van der Waals surface area contributed by atoms with Crippen molar-refractivity contribution in [2.75, 3.05) is 25.4 Å². The summed E-state index contributed by atoms with van der Waals surface area (Å²) < 4.78 is 50.7. The third-order valence-electron chi connectivity index (χ3n) is 4.12. The van der Waals surface area contributed by atoms with Gasteiger partial charge in [-0.1, -0.05) is 30.3 Å². The van der Waals surface area contributed by atoms with Gasteiger partial charge in [-0.15, -0.1) is 0 Å². The van der Waals surface area contributed by atoms with E-state index in [4.69, 9.17) is 5.11 Å². The molecule has 0 saturated carbocycles. The SMILES string of the molecule is O=C(O)[C@@H]1CN(C(=O)NCCS(=O)Cc2ccccc2)C[C@H]1C(F)(F)F. The molecule has 0 spiro atoms. The Hall–Kier alpha value is -2.10. The summed E-state index contributed by atoms with van der Waals surface area (Å²) in [5.41, 5.74) is 0.883. The van der Waals surface area contributed by atoms with Crippen LogP contribution in [0.2, 0.25) is 0 Å². The predicted molar refractivity (Wildman–Crippen MR) is 88.8 cm³/mol. The number of carboxylic acid groups (broad SMARTS) is 1. The second-order valence-electron chi connectivity index (χ2n) is 6.00. The molecule has 0 bridgehead atoms. The quantitative estimate of drug-likeness (QED) is 0.774. The van der Waals surface area contributed by atoms with Crippen molar-refractivity contribution >= 4 is 22.8 Å². The fourth-order valence-corrected chi connectivity index (χ4v) is 3.81. The number of aliphatic carboxylic acids is 1. The van der Waals surface area contributed by atoms with E-state index in [1.165, 1.54) is 0 Å². The Bertz CT molecular complexity index is 669. The molecule has 1 unspecified atom stereocenters. The maximum absolute atomic E-state index is 12.9. The van der Waals surface area contributed by atoms with Crippen LogP contribution in [0.4, 0.5) is 18.0 Å². The Kier molecular flexibility index (Phi) is 6.63. The number of nitrogens with zero attached hydrogens (tertiary/aromatic N) is 1. The molecule has 0 aliphatic carbocycles. The molecule has 2 N–H and O–H groups in total. The number of urea groups is 1. The van der Waals surface area contributed by atoms with Crippen LogP contribution >= 0.6 is 0 Å². The first-order valence-electron chi connectivity index (χ1n) is 7.89. The normalized spacial score (nSPS) is 21.4. The predicted octanol–water partition coefficient (Wildman–Crippen LogP) is 1.84. The molecule has 0 radical (unpaired) electrons. The summed E-state index contributed by atoms with van der Waals surface area (Å²) in [6.45, 7) is -1.17. The van der Waals surface area contributed by atoms with Crippen LogP contribution in [0.1, 0.15) is 5.56 Å². The maximum Gasteiger partial charge on any atom is 0.394 e. The molecule has 26 heavy (non-hydrogen) atoms. The van der Waals surface area contributed by atoms with Gasteiger partial charge < -0.3 is 15.3 Å². The highest BCUT2D eigenvalue weighted by atomic mass is 32.2. The molecule has 1 aliphatic heterocycles. The Morgan fingerprint density at radius 2 is 1.88 bits per heavy atom. The number of carboxylic acids is 1. The standard InChI is InChI=1S/C16H19F3N2O4S/c17-16(18,19)13-9-21(8-12(13)14(22)23)15(24)20-6-7-26(25)10-11-4-2-1-3-5-11/h1-5,12-13H,6-10H2,(H,20,24)(H,22,23)/t12-,13-,26?/m1/s1. The number of likely N-dealkylation sites (tertiary alicyclic amines) is 1. The molecule has 1 aromatic carbocycles. The molecule has 1 aliphatic rings. The van der Waals surface area contributed by atoms with Gasteiger partial charge in [0, 0.05) is 41.9 Å². The molecule has 2 amide bonds. The Labute approximate surface area is 150 Å². The van der Waals surface area contributed by atoms with Crippen molar-refractivity contribution in [1.82, 2.24) is 10.2 Å². The number of alkyl halides is 3. The molecule has 144 valence electrons. The third-order valence-corrected chi connectivity index (χ3v) is 5.44. The summed E-state index contributed by atoms with van der Waals surface area (Å²) in [6, 6.07) is 8.34. The minimum absolute atomic E-state index is 0.0310. The summed E-state index contributed by atoms with van der Waals surface area (Å²) in [6.07, 6.45) is -4.69. The van der Waals surface area contributed by atoms with Crippen molar-refractivity contribution in [3.05, 3.63) is 35.9 Å². The molecular weight excluding hydrogens is 373 g/mol. The van der Waals surface area contributed by atoms with Crippen LogP contribution in [0.25, 0.3) is 0 Å². The zero-order chi connectivity index (χ0) is 19.3. The lowest BCUT2D eigenvalue weighted by Crippen LogP contribution is -2.41.